The van der Waals surface area contributed by atoms with E-state index >= 15 is 0 Å². The highest BCUT2D eigenvalue weighted by molar-refractivity contribution is 9.10. The van der Waals surface area contributed by atoms with E-state index in [1.54, 1.807) is 17.4 Å². The fraction of sp³-hybridized carbons (Fsp3) is 0.143. The molecule has 2 aromatic heterocycles. The van der Waals surface area contributed by atoms with Gasteiger partial charge in [0.05, 0.1) is 10.4 Å². The molecule has 0 spiro atoms. The molecule has 21 heavy (non-hydrogen) atoms. The number of hydrogen-bond acceptors (Lipinski definition) is 5. The summed E-state index contributed by atoms with van der Waals surface area (Å²) in [6.07, 6.45) is 0. The van der Waals surface area contributed by atoms with Crippen molar-refractivity contribution < 1.29 is 4.74 Å². The molecule has 0 bridgehead atoms. The predicted molar refractivity (Wildman–Crippen MR) is 90.8 cm³/mol. The van der Waals surface area contributed by atoms with Crippen LogP contribution in [0.5, 0.6) is 11.6 Å². The Bertz CT molecular complexity index is 793. The maximum absolute atomic E-state index is 6.17. The molecule has 0 saturated heterocycles. The highest BCUT2D eigenvalue weighted by atomic mass is 79.9. The van der Waals surface area contributed by atoms with E-state index in [1.807, 2.05) is 30.5 Å². The van der Waals surface area contributed by atoms with Crippen molar-refractivity contribution in [3.63, 3.8) is 0 Å². The number of aromatic nitrogens is 2. The summed E-state index contributed by atoms with van der Waals surface area (Å²) in [7, 11) is 0. The van der Waals surface area contributed by atoms with Gasteiger partial charge in [-0.2, -0.15) is 4.98 Å². The summed E-state index contributed by atoms with van der Waals surface area (Å²) < 4.78 is 6.80. The lowest BCUT2D eigenvalue weighted by Gasteiger charge is -2.10. The Morgan fingerprint density at radius 1 is 1.33 bits per heavy atom. The van der Waals surface area contributed by atoms with Crippen LogP contribution in [0.3, 0.4) is 0 Å². The van der Waals surface area contributed by atoms with Gasteiger partial charge in [-0.1, -0.05) is 27.5 Å². The van der Waals surface area contributed by atoms with Crippen LogP contribution in [-0.4, -0.2) is 16.5 Å². The average Bonchev–Trinajstić information content (AvgIpc) is 2.92. The van der Waals surface area contributed by atoms with E-state index in [0.29, 0.717) is 22.6 Å². The van der Waals surface area contributed by atoms with Crippen LogP contribution in [0.25, 0.3) is 10.2 Å². The number of nitrogens with zero attached hydrogens (tertiary/aromatic N) is 2. The zero-order valence-electron chi connectivity index (χ0n) is 11.1. The Hall–Kier alpha value is -1.37. The van der Waals surface area contributed by atoms with Crippen LogP contribution in [0, 0.1) is 0 Å². The molecule has 3 rings (SSSR count). The zero-order valence-corrected chi connectivity index (χ0v) is 14.2. The molecule has 0 amide bonds. The highest BCUT2D eigenvalue weighted by Gasteiger charge is 2.12. The first kappa shape index (κ1) is 14.6. The molecule has 0 aliphatic heterocycles. The molecule has 2 heterocycles. The molecule has 1 aromatic carbocycles. The van der Waals surface area contributed by atoms with E-state index in [1.165, 1.54) is 0 Å². The molecule has 1 N–H and O–H groups in total. The fourth-order valence-corrected chi connectivity index (χ4v) is 3.05. The topological polar surface area (TPSA) is 47.0 Å². The Kier molecular flexibility index (Phi) is 4.28. The van der Waals surface area contributed by atoms with Crippen molar-refractivity contribution in [1.29, 1.82) is 0 Å². The summed E-state index contributed by atoms with van der Waals surface area (Å²) in [5.74, 6) is 1.60. The number of fused-ring (bicyclic) bond motifs is 1. The number of rotatable bonds is 4. The Labute approximate surface area is 139 Å². The summed E-state index contributed by atoms with van der Waals surface area (Å²) in [5, 5.41) is 6.47. The van der Waals surface area contributed by atoms with Gasteiger partial charge in [0.15, 0.2) is 0 Å². The summed E-state index contributed by atoms with van der Waals surface area (Å²) in [5.41, 5.74) is 0. The SMILES string of the molecule is CCNc1nc(Oc2cc(Br)ccc2Cl)c2ccsc2n1. The Balaban J connectivity index is 2.06. The van der Waals surface area contributed by atoms with E-state index in [0.717, 1.165) is 21.2 Å². The average molecular weight is 385 g/mol. The van der Waals surface area contributed by atoms with Crippen molar-refractivity contribution in [2.75, 3.05) is 11.9 Å². The van der Waals surface area contributed by atoms with Crippen LogP contribution in [0.4, 0.5) is 5.95 Å². The second kappa shape index (κ2) is 6.17. The van der Waals surface area contributed by atoms with E-state index in [2.05, 4.69) is 31.2 Å². The summed E-state index contributed by atoms with van der Waals surface area (Å²) >= 11 is 11.1. The molecule has 108 valence electrons. The van der Waals surface area contributed by atoms with E-state index in [9.17, 15) is 0 Å². The Morgan fingerprint density at radius 2 is 2.19 bits per heavy atom. The van der Waals surface area contributed by atoms with E-state index < -0.39 is 0 Å². The molecule has 3 aromatic rings. The van der Waals surface area contributed by atoms with Crippen LogP contribution in [0.1, 0.15) is 6.92 Å². The lowest BCUT2D eigenvalue weighted by atomic mass is 10.3. The number of ether oxygens (including phenoxy) is 1. The largest absolute Gasteiger partial charge is 0.437 e. The molecule has 0 fully saturated rings. The molecule has 0 atom stereocenters. The maximum atomic E-state index is 6.17. The first-order chi connectivity index (χ1) is 10.2. The molecular formula is C14H11BrClN3OS. The highest BCUT2D eigenvalue weighted by Crippen LogP contribution is 2.35. The molecular weight excluding hydrogens is 374 g/mol. The third kappa shape index (κ3) is 3.12. The van der Waals surface area contributed by atoms with Crippen molar-refractivity contribution in [3.05, 3.63) is 39.1 Å². The zero-order chi connectivity index (χ0) is 14.8. The van der Waals surface area contributed by atoms with Gasteiger partial charge in [0.25, 0.3) is 0 Å². The van der Waals surface area contributed by atoms with E-state index in [-0.39, 0.29) is 0 Å². The van der Waals surface area contributed by atoms with Gasteiger partial charge in [-0.15, -0.1) is 11.3 Å². The lowest BCUT2D eigenvalue weighted by Crippen LogP contribution is -2.03. The summed E-state index contributed by atoms with van der Waals surface area (Å²) in [6, 6.07) is 7.39. The summed E-state index contributed by atoms with van der Waals surface area (Å²) in [6.45, 7) is 2.74. The molecule has 7 heteroatoms. The van der Waals surface area contributed by atoms with Crippen LogP contribution in [0.2, 0.25) is 5.02 Å². The minimum atomic E-state index is 0.497. The smallest absolute Gasteiger partial charge is 0.232 e. The molecule has 0 aliphatic rings. The van der Waals surface area contributed by atoms with Crippen molar-refractivity contribution in [3.8, 4) is 11.6 Å². The van der Waals surface area contributed by atoms with Gasteiger partial charge >= 0.3 is 0 Å². The Morgan fingerprint density at radius 3 is 3.00 bits per heavy atom. The molecule has 0 saturated carbocycles. The first-order valence-electron chi connectivity index (χ1n) is 6.29. The third-order valence-corrected chi connectivity index (χ3v) is 4.34. The van der Waals surface area contributed by atoms with Gasteiger partial charge in [-0.05, 0) is 36.6 Å². The van der Waals surface area contributed by atoms with E-state index in [4.69, 9.17) is 16.3 Å². The number of thiophene rings is 1. The quantitative estimate of drug-likeness (QED) is 0.660. The van der Waals surface area contributed by atoms with Gasteiger partial charge in [-0.3, -0.25) is 0 Å². The number of halogens is 2. The van der Waals surface area contributed by atoms with Crippen molar-refractivity contribution in [2.45, 2.75) is 6.92 Å². The standard InChI is InChI=1S/C14H11BrClN3OS/c1-2-17-14-18-12(9-5-6-21-13(9)19-14)20-11-7-8(15)3-4-10(11)16/h3-7H,2H2,1H3,(H,17,18,19). The van der Waals surface area contributed by atoms with Crippen LogP contribution < -0.4 is 10.1 Å². The van der Waals surface area contributed by atoms with Crippen LogP contribution in [-0.2, 0) is 0 Å². The molecule has 0 aliphatic carbocycles. The number of anilines is 1. The molecule has 4 nitrogen and oxygen atoms in total. The maximum Gasteiger partial charge on any atom is 0.232 e. The second-order valence-corrected chi connectivity index (χ2v) is 6.42. The predicted octanol–water partition coefficient (Wildman–Crippen LogP) is 5.33. The molecule has 0 radical (unpaired) electrons. The van der Waals surface area contributed by atoms with Crippen LogP contribution in [0.15, 0.2) is 34.1 Å². The van der Waals surface area contributed by atoms with Crippen LogP contribution >= 0.6 is 38.9 Å². The lowest BCUT2D eigenvalue weighted by molar-refractivity contribution is 0.469. The number of hydrogen-bond donors (Lipinski definition) is 1. The van der Waals surface area contributed by atoms with Gasteiger partial charge < -0.3 is 10.1 Å². The van der Waals surface area contributed by atoms with Crippen molar-refractivity contribution in [1.82, 2.24) is 9.97 Å². The second-order valence-electron chi connectivity index (χ2n) is 4.20. The number of benzene rings is 1. The normalized spacial score (nSPS) is 10.8. The third-order valence-electron chi connectivity index (χ3n) is 2.72. The van der Waals surface area contributed by atoms with Crippen molar-refractivity contribution >= 4 is 55.0 Å². The minimum Gasteiger partial charge on any atom is -0.437 e. The molecule has 0 unspecified atom stereocenters. The minimum absolute atomic E-state index is 0.497. The van der Waals surface area contributed by atoms with Gasteiger partial charge in [0.1, 0.15) is 10.6 Å². The fourth-order valence-electron chi connectivity index (χ4n) is 1.80. The van der Waals surface area contributed by atoms with Crippen molar-refractivity contribution in [2.24, 2.45) is 0 Å². The van der Waals surface area contributed by atoms with Gasteiger partial charge in [0.2, 0.25) is 11.8 Å². The summed E-state index contributed by atoms with van der Waals surface area (Å²) in [4.78, 5) is 9.74. The van der Waals surface area contributed by atoms with Gasteiger partial charge in [-0.25, -0.2) is 4.98 Å². The first-order valence-corrected chi connectivity index (χ1v) is 8.34. The number of nitrogens with one attached hydrogen (secondary N) is 1. The monoisotopic (exact) mass is 383 g/mol. The van der Waals surface area contributed by atoms with Gasteiger partial charge in [0, 0.05) is 11.0 Å².